The third-order valence-electron chi connectivity index (χ3n) is 15.5. The average Bonchev–Trinajstić information content (AvgIpc) is 3.39. The summed E-state index contributed by atoms with van der Waals surface area (Å²) < 4.78 is 5.49. The highest BCUT2D eigenvalue weighted by Gasteiger charge is 2.18. The van der Waals surface area contributed by atoms with Crippen LogP contribution in [0, 0.1) is 0 Å². The normalized spacial score (nSPS) is 12.7. The van der Waals surface area contributed by atoms with Crippen molar-refractivity contribution in [2.24, 2.45) is 0 Å². The van der Waals surface area contributed by atoms with Gasteiger partial charge in [-0.3, -0.25) is 9.59 Å². The summed E-state index contributed by atoms with van der Waals surface area (Å²) >= 11 is 0. The van der Waals surface area contributed by atoms with Crippen molar-refractivity contribution < 1.29 is 24.5 Å². The minimum Gasteiger partial charge on any atom is -0.466 e. The molecule has 0 radical (unpaired) electrons. The van der Waals surface area contributed by atoms with E-state index in [0.29, 0.717) is 19.4 Å². The molecule has 0 aromatic heterocycles. The molecule has 0 spiro atoms. The first kappa shape index (κ1) is 71.3. The number of ether oxygens (including phenoxy) is 1. The highest BCUT2D eigenvalue weighted by atomic mass is 16.5. The molecule has 0 saturated heterocycles. The fourth-order valence-corrected chi connectivity index (χ4v) is 10.4. The van der Waals surface area contributed by atoms with Gasteiger partial charge >= 0.3 is 5.97 Å². The number of hydrogen-bond donors (Lipinski definition) is 3. The number of aliphatic hydroxyl groups excluding tert-OH is 2. The molecule has 2 atom stereocenters. The molecule has 0 heterocycles. The Bertz CT molecular complexity index is 1140. The second kappa shape index (κ2) is 62.9. The van der Waals surface area contributed by atoms with E-state index in [-0.39, 0.29) is 18.5 Å². The zero-order chi connectivity index (χ0) is 52.9. The van der Waals surface area contributed by atoms with Crippen LogP contribution >= 0.6 is 0 Å². The first-order chi connectivity index (χ1) is 36.0. The van der Waals surface area contributed by atoms with Crippen LogP contribution in [-0.2, 0) is 14.3 Å². The van der Waals surface area contributed by atoms with Crippen LogP contribution < -0.4 is 5.32 Å². The second-order valence-corrected chi connectivity index (χ2v) is 22.8. The predicted octanol–water partition coefficient (Wildman–Crippen LogP) is 21.0. The van der Waals surface area contributed by atoms with Crippen molar-refractivity contribution in [3.8, 4) is 0 Å². The number of hydrogen-bond acceptors (Lipinski definition) is 5. The van der Waals surface area contributed by atoms with Gasteiger partial charge in [0, 0.05) is 12.8 Å². The lowest BCUT2D eigenvalue weighted by Crippen LogP contribution is -2.45. The molecule has 6 heteroatoms. The Kier molecular flexibility index (Phi) is 61.4. The lowest BCUT2D eigenvalue weighted by molar-refractivity contribution is -0.143. The number of carbonyl (C=O) groups excluding carboxylic acids is 2. The maximum Gasteiger partial charge on any atom is 0.305 e. The monoisotopic (exact) mass is 1030 g/mol. The SMILES string of the molecule is CCCCCCCC/C=C\CCCCCCCCCCCC(=O)OCCCCCCCCCCCCCCCC(=O)NC(CO)C(O)/C=C/CCCCCCCCCCCCCCCCCCCCCCCC. The third-order valence-corrected chi connectivity index (χ3v) is 15.5. The van der Waals surface area contributed by atoms with Gasteiger partial charge in [0.05, 0.1) is 25.4 Å². The van der Waals surface area contributed by atoms with E-state index in [1.807, 2.05) is 6.08 Å². The maximum absolute atomic E-state index is 12.5. The van der Waals surface area contributed by atoms with Crippen LogP contribution in [0.4, 0.5) is 0 Å². The van der Waals surface area contributed by atoms with Gasteiger partial charge in [-0.15, -0.1) is 0 Å². The Labute approximate surface area is 456 Å². The van der Waals surface area contributed by atoms with Gasteiger partial charge in [0.2, 0.25) is 5.91 Å². The summed E-state index contributed by atoms with van der Waals surface area (Å²) in [5.74, 6) is -0.0829. The van der Waals surface area contributed by atoms with Gasteiger partial charge in [0.15, 0.2) is 0 Å². The van der Waals surface area contributed by atoms with Crippen LogP contribution in [-0.4, -0.2) is 47.4 Å². The minimum absolute atomic E-state index is 0.00614. The average molecular weight is 1030 g/mol. The highest BCUT2D eigenvalue weighted by molar-refractivity contribution is 5.76. The number of esters is 1. The zero-order valence-corrected chi connectivity index (χ0v) is 49.4. The molecule has 6 nitrogen and oxygen atoms in total. The van der Waals surface area contributed by atoms with Crippen molar-refractivity contribution in [1.29, 1.82) is 0 Å². The minimum atomic E-state index is -0.855. The first-order valence-corrected chi connectivity index (χ1v) is 33.1. The van der Waals surface area contributed by atoms with E-state index in [1.54, 1.807) is 6.08 Å². The van der Waals surface area contributed by atoms with Crippen LogP contribution in [0.15, 0.2) is 24.3 Å². The molecular weight excluding hydrogens is 899 g/mol. The van der Waals surface area contributed by atoms with Gasteiger partial charge in [-0.05, 0) is 57.8 Å². The summed E-state index contributed by atoms with van der Waals surface area (Å²) in [7, 11) is 0. The molecule has 1 amide bonds. The Balaban J connectivity index is 3.45. The second-order valence-electron chi connectivity index (χ2n) is 22.8. The van der Waals surface area contributed by atoms with Crippen LogP contribution in [0.25, 0.3) is 0 Å². The van der Waals surface area contributed by atoms with Crippen LogP contribution in [0.3, 0.4) is 0 Å². The zero-order valence-electron chi connectivity index (χ0n) is 49.4. The third kappa shape index (κ3) is 59.4. The number of rotatable bonds is 62. The first-order valence-electron chi connectivity index (χ1n) is 33.1. The van der Waals surface area contributed by atoms with Gasteiger partial charge in [-0.25, -0.2) is 0 Å². The molecular formula is C67H129NO5. The standard InChI is InChI=1S/C67H129NO5/c1-3-5-7-9-11-13-15-17-19-21-23-24-25-26-27-29-30-32-35-39-43-47-51-55-59-65(70)64(63-69)68-66(71)60-56-52-48-44-40-36-34-38-42-46-50-54-58-62-73-67(72)61-57-53-49-45-41-37-33-31-28-22-20-18-16-14-12-10-8-6-4-2/h18,20,55,59,64-65,69-70H,3-17,19,21-54,56-58,60-63H2,1-2H3,(H,68,71)/b20-18-,59-55+. The van der Waals surface area contributed by atoms with E-state index in [1.165, 1.54) is 283 Å². The molecule has 0 saturated carbocycles. The molecule has 0 aliphatic heterocycles. The number of unbranched alkanes of at least 4 members (excludes halogenated alkanes) is 49. The Morgan fingerprint density at radius 1 is 0.370 bits per heavy atom. The topological polar surface area (TPSA) is 95.9 Å². The van der Waals surface area contributed by atoms with Crippen molar-refractivity contribution in [1.82, 2.24) is 5.32 Å². The lowest BCUT2D eigenvalue weighted by Gasteiger charge is -2.20. The van der Waals surface area contributed by atoms with Crippen molar-refractivity contribution in [3.63, 3.8) is 0 Å². The quantitative estimate of drug-likeness (QED) is 0.0320. The molecule has 0 aliphatic carbocycles. The van der Waals surface area contributed by atoms with Gasteiger partial charge < -0.3 is 20.3 Å². The van der Waals surface area contributed by atoms with Crippen molar-refractivity contribution in [2.75, 3.05) is 13.2 Å². The van der Waals surface area contributed by atoms with Crippen molar-refractivity contribution in [3.05, 3.63) is 24.3 Å². The van der Waals surface area contributed by atoms with Gasteiger partial charge in [-0.1, -0.05) is 321 Å². The molecule has 0 aliphatic rings. The molecule has 0 bridgehead atoms. The maximum atomic E-state index is 12.5. The number of nitrogens with one attached hydrogen (secondary N) is 1. The number of aliphatic hydroxyl groups is 2. The summed E-state index contributed by atoms with van der Waals surface area (Å²) in [6.45, 7) is 4.91. The van der Waals surface area contributed by atoms with E-state index >= 15 is 0 Å². The molecule has 2 unspecified atom stereocenters. The molecule has 0 aromatic rings. The van der Waals surface area contributed by atoms with Crippen molar-refractivity contribution >= 4 is 11.9 Å². The van der Waals surface area contributed by atoms with E-state index < -0.39 is 12.1 Å². The predicted molar refractivity (Wildman–Crippen MR) is 320 cm³/mol. The van der Waals surface area contributed by atoms with Gasteiger partial charge in [0.25, 0.3) is 0 Å². The Morgan fingerprint density at radius 2 is 0.644 bits per heavy atom. The van der Waals surface area contributed by atoms with Crippen molar-refractivity contribution in [2.45, 2.75) is 379 Å². The molecule has 432 valence electrons. The smallest absolute Gasteiger partial charge is 0.305 e. The number of carbonyl (C=O) groups is 2. The fourth-order valence-electron chi connectivity index (χ4n) is 10.4. The number of amides is 1. The summed E-state index contributed by atoms with van der Waals surface area (Å²) in [6.07, 6.45) is 78.0. The molecule has 3 N–H and O–H groups in total. The van der Waals surface area contributed by atoms with Crippen LogP contribution in [0.2, 0.25) is 0 Å². The largest absolute Gasteiger partial charge is 0.466 e. The number of allylic oxidation sites excluding steroid dienone is 3. The van der Waals surface area contributed by atoms with Gasteiger partial charge in [0.1, 0.15) is 0 Å². The Morgan fingerprint density at radius 3 is 0.973 bits per heavy atom. The summed E-state index contributed by atoms with van der Waals surface area (Å²) in [5, 5.41) is 23.2. The van der Waals surface area contributed by atoms with E-state index in [0.717, 1.165) is 57.8 Å². The molecule has 73 heavy (non-hydrogen) atoms. The Hall–Kier alpha value is -1.66. The molecule has 0 rings (SSSR count). The van der Waals surface area contributed by atoms with Gasteiger partial charge in [-0.2, -0.15) is 0 Å². The summed E-state index contributed by atoms with van der Waals surface area (Å²) in [4.78, 5) is 24.6. The van der Waals surface area contributed by atoms with E-state index in [2.05, 4.69) is 31.3 Å². The van der Waals surface area contributed by atoms with Crippen LogP contribution in [0.1, 0.15) is 367 Å². The lowest BCUT2D eigenvalue weighted by atomic mass is 10.0. The van der Waals surface area contributed by atoms with E-state index in [9.17, 15) is 19.8 Å². The molecule has 0 aromatic carbocycles. The van der Waals surface area contributed by atoms with E-state index in [4.69, 9.17) is 4.74 Å². The highest BCUT2D eigenvalue weighted by Crippen LogP contribution is 2.18. The molecule has 0 fully saturated rings. The van der Waals surface area contributed by atoms with Crippen LogP contribution in [0.5, 0.6) is 0 Å². The summed E-state index contributed by atoms with van der Waals surface area (Å²) in [5.41, 5.74) is 0. The fraction of sp³-hybridized carbons (Fsp3) is 0.910. The summed E-state index contributed by atoms with van der Waals surface area (Å²) in [6, 6.07) is -0.639.